The number of thioether (sulfide) groups is 1. The number of para-hydroxylation sites is 1. The molecule has 0 aliphatic rings. The second-order valence-electron chi connectivity index (χ2n) is 4.69. The van der Waals surface area contributed by atoms with Crippen molar-refractivity contribution in [3.05, 3.63) is 46.2 Å². The van der Waals surface area contributed by atoms with Crippen LogP contribution in [-0.4, -0.2) is 14.8 Å². The number of rotatable bonds is 4. The van der Waals surface area contributed by atoms with E-state index < -0.39 is 0 Å². The number of aromatic amines is 1. The summed E-state index contributed by atoms with van der Waals surface area (Å²) in [6, 6.07) is 10.6. The molecule has 0 amide bonds. The van der Waals surface area contributed by atoms with Crippen LogP contribution < -0.4 is 0 Å². The molecule has 0 bridgehead atoms. The van der Waals surface area contributed by atoms with E-state index in [1.807, 2.05) is 11.7 Å². The molecule has 0 saturated heterocycles. The molecule has 0 saturated carbocycles. The molecule has 1 N–H and O–H groups in total. The number of halogens is 1. The van der Waals surface area contributed by atoms with E-state index in [-0.39, 0.29) is 0 Å². The van der Waals surface area contributed by atoms with Gasteiger partial charge >= 0.3 is 0 Å². The van der Waals surface area contributed by atoms with Crippen molar-refractivity contribution in [1.82, 2.24) is 14.8 Å². The summed E-state index contributed by atoms with van der Waals surface area (Å²) >= 11 is 5.47. The van der Waals surface area contributed by atoms with E-state index in [2.05, 4.69) is 63.3 Å². The fourth-order valence-electron chi connectivity index (χ4n) is 2.25. The topological polar surface area (TPSA) is 33.6 Å². The Morgan fingerprint density at radius 3 is 2.85 bits per heavy atom. The Labute approximate surface area is 130 Å². The van der Waals surface area contributed by atoms with Crippen LogP contribution in [0, 0.1) is 0 Å². The van der Waals surface area contributed by atoms with Gasteiger partial charge in [0, 0.05) is 23.7 Å². The van der Waals surface area contributed by atoms with Gasteiger partial charge in [0.15, 0.2) is 0 Å². The number of fused-ring (bicyclic) bond motifs is 1. The lowest BCUT2D eigenvalue weighted by Crippen LogP contribution is -1.96. The highest BCUT2D eigenvalue weighted by atomic mass is 79.9. The minimum atomic E-state index is 0.900. The molecule has 3 nitrogen and oxygen atoms in total. The monoisotopic (exact) mass is 349 g/mol. The van der Waals surface area contributed by atoms with E-state index in [4.69, 9.17) is 0 Å². The first kappa shape index (κ1) is 13.8. The summed E-state index contributed by atoms with van der Waals surface area (Å²) < 4.78 is 3.12. The molecule has 20 heavy (non-hydrogen) atoms. The molecule has 2 aromatic heterocycles. The van der Waals surface area contributed by atoms with Crippen molar-refractivity contribution in [2.75, 3.05) is 0 Å². The van der Waals surface area contributed by atoms with Gasteiger partial charge in [-0.15, -0.1) is 11.8 Å². The van der Waals surface area contributed by atoms with Crippen molar-refractivity contribution in [2.24, 2.45) is 7.05 Å². The van der Waals surface area contributed by atoms with Crippen LogP contribution >= 0.6 is 27.7 Å². The average Bonchev–Trinajstić information content (AvgIpc) is 2.98. The van der Waals surface area contributed by atoms with Gasteiger partial charge < -0.3 is 4.98 Å². The lowest BCUT2D eigenvalue weighted by molar-refractivity contribution is 0.719. The van der Waals surface area contributed by atoms with Gasteiger partial charge in [-0.2, -0.15) is 5.10 Å². The Hall–Kier alpha value is -1.20. The predicted octanol–water partition coefficient (Wildman–Crippen LogP) is 4.52. The minimum absolute atomic E-state index is 0.900. The second-order valence-corrected chi connectivity index (χ2v) is 6.50. The van der Waals surface area contributed by atoms with Crippen LogP contribution in [0.1, 0.15) is 18.3 Å². The molecule has 0 atom stereocenters. The number of hydrogen-bond acceptors (Lipinski definition) is 2. The minimum Gasteiger partial charge on any atom is -0.350 e. The molecule has 0 aliphatic carbocycles. The van der Waals surface area contributed by atoms with Crippen molar-refractivity contribution >= 4 is 38.6 Å². The molecule has 3 aromatic rings. The van der Waals surface area contributed by atoms with Crippen LogP contribution in [0.15, 0.2) is 39.8 Å². The normalized spacial score (nSPS) is 11.3. The number of aromatic nitrogens is 3. The van der Waals surface area contributed by atoms with Crippen molar-refractivity contribution in [3.63, 3.8) is 0 Å². The standard InChI is InChI=1S/C15H16BrN3S/c1-3-11-15(16)13(19(2)18-11)9-20-14-8-10-6-4-5-7-12(10)17-14/h4-8,17H,3,9H2,1-2H3. The Morgan fingerprint density at radius 1 is 1.35 bits per heavy atom. The molecule has 1 aromatic carbocycles. The van der Waals surface area contributed by atoms with Gasteiger partial charge in [0.1, 0.15) is 0 Å². The number of nitrogens with zero attached hydrogens (tertiary/aromatic N) is 2. The maximum atomic E-state index is 4.53. The second kappa shape index (κ2) is 5.66. The smallest absolute Gasteiger partial charge is 0.0767 e. The van der Waals surface area contributed by atoms with Gasteiger partial charge in [0.25, 0.3) is 0 Å². The van der Waals surface area contributed by atoms with Gasteiger partial charge in [0.2, 0.25) is 0 Å². The van der Waals surface area contributed by atoms with Crippen molar-refractivity contribution < 1.29 is 0 Å². The quantitative estimate of drug-likeness (QED) is 0.702. The van der Waals surface area contributed by atoms with Crippen LogP contribution in [-0.2, 0) is 19.2 Å². The molecule has 5 heteroatoms. The van der Waals surface area contributed by atoms with Crippen LogP contribution in [0.2, 0.25) is 0 Å². The summed E-state index contributed by atoms with van der Waals surface area (Å²) in [5, 5.41) is 6.98. The van der Waals surface area contributed by atoms with E-state index in [1.165, 1.54) is 21.6 Å². The third kappa shape index (κ3) is 2.52. The lowest BCUT2D eigenvalue weighted by Gasteiger charge is -2.01. The maximum absolute atomic E-state index is 4.53. The molecule has 0 fully saturated rings. The van der Waals surface area contributed by atoms with Crippen molar-refractivity contribution in [2.45, 2.75) is 24.1 Å². The fraction of sp³-hybridized carbons (Fsp3) is 0.267. The third-order valence-electron chi connectivity index (χ3n) is 3.37. The number of nitrogens with one attached hydrogen (secondary N) is 1. The number of aryl methyl sites for hydroxylation is 2. The molecule has 0 spiro atoms. The molecule has 0 unspecified atom stereocenters. The average molecular weight is 350 g/mol. The highest BCUT2D eigenvalue weighted by Crippen LogP contribution is 2.30. The van der Waals surface area contributed by atoms with E-state index in [9.17, 15) is 0 Å². The van der Waals surface area contributed by atoms with Gasteiger partial charge in [-0.25, -0.2) is 0 Å². The Morgan fingerprint density at radius 2 is 2.15 bits per heavy atom. The van der Waals surface area contributed by atoms with Crippen LogP contribution in [0.5, 0.6) is 0 Å². The zero-order valence-corrected chi connectivity index (χ0v) is 13.9. The molecule has 0 radical (unpaired) electrons. The first-order valence-corrected chi connectivity index (χ1v) is 8.37. The highest BCUT2D eigenvalue weighted by molar-refractivity contribution is 9.10. The summed E-state index contributed by atoms with van der Waals surface area (Å²) in [7, 11) is 2.00. The van der Waals surface area contributed by atoms with Crippen molar-refractivity contribution in [1.29, 1.82) is 0 Å². The molecule has 3 rings (SSSR count). The number of hydrogen-bond donors (Lipinski definition) is 1. The Balaban J connectivity index is 1.81. The first-order chi connectivity index (χ1) is 9.69. The predicted molar refractivity (Wildman–Crippen MR) is 88.1 cm³/mol. The van der Waals surface area contributed by atoms with E-state index in [0.29, 0.717) is 0 Å². The van der Waals surface area contributed by atoms with E-state index in [0.717, 1.165) is 22.3 Å². The maximum Gasteiger partial charge on any atom is 0.0767 e. The van der Waals surface area contributed by atoms with Gasteiger partial charge in [-0.3, -0.25) is 4.68 Å². The Kier molecular flexibility index (Phi) is 3.89. The van der Waals surface area contributed by atoms with Gasteiger partial charge in [-0.1, -0.05) is 25.1 Å². The summed E-state index contributed by atoms with van der Waals surface area (Å²) in [6.07, 6.45) is 0.950. The zero-order chi connectivity index (χ0) is 14.1. The third-order valence-corrected chi connectivity index (χ3v) is 5.24. The highest BCUT2D eigenvalue weighted by Gasteiger charge is 2.13. The lowest BCUT2D eigenvalue weighted by atomic mass is 10.3. The molecular weight excluding hydrogens is 334 g/mol. The zero-order valence-electron chi connectivity index (χ0n) is 11.5. The summed E-state index contributed by atoms with van der Waals surface area (Å²) in [6.45, 7) is 2.13. The van der Waals surface area contributed by atoms with Crippen LogP contribution in [0.4, 0.5) is 0 Å². The fourth-order valence-corrected chi connectivity index (χ4v) is 4.21. The van der Waals surface area contributed by atoms with Crippen molar-refractivity contribution in [3.8, 4) is 0 Å². The summed E-state index contributed by atoms with van der Waals surface area (Å²) in [4.78, 5) is 3.44. The number of benzene rings is 1. The SMILES string of the molecule is CCc1nn(C)c(CSc2cc3ccccc3[nH]2)c1Br. The molecule has 0 aliphatic heterocycles. The van der Waals surface area contributed by atoms with Crippen LogP contribution in [0.25, 0.3) is 10.9 Å². The van der Waals surface area contributed by atoms with Crippen LogP contribution in [0.3, 0.4) is 0 Å². The molecule has 2 heterocycles. The number of H-pyrrole nitrogens is 1. The molecule has 104 valence electrons. The Bertz CT molecular complexity index is 712. The first-order valence-electron chi connectivity index (χ1n) is 6.60. The summed E-state index contributed by atoms with van der Waals surface area (Å²) in [5.74, 6) is 0.900. The summed E-state index contributed by atoms with van der Waals surface area (Å²) in [5.41, 5.74) is 3.54. The van der Waals surface area contributed by atoms with E-state index in [1.54, 1.807) is 11.8 Å². The van der Waals surface area contributed by atoms with Gasteiger partial charge in [0.05, 0.1) is 20.9 Å². The molecular formula is C15H16BrN3S. The van der Waals surface area contributed by atoms with Gasteiger partial charge in [-0.05, 0) is 34.5 Å². The largest absolute Gasteiger partial charge is 0.350 e. The van der Waals surface area contributed by atoms with E-state index >= 15 is 0 Å².